The average molecular weight is 344 g/mol. The summed E-state index contributed by atoms with van der Waals surface area (Å²) in [4.78, 5) is 12.8. The van der Waals surface area contributed by atoms with Crippen molar-refractivity contribution in [2.45, 2.75) is 24.4 Å². The van der Waals surface area contributed by atoms with E-state index in [1.807, 2.05) is 30.5 Å². The molecule has 0 radical (unpaired) electrons. The summed E-state index contributed by atoms with van der Waals surface area (Å²) < 4.78 is 5.45. The van der Waals surface area contributed by atoms with Gasteiger partial charge in [0.2, 0.25) is 0 Å². The predicted octanol–water partition coefficient (Wildman–Crippen LogP) is 3.63. The van der Waals surface area contributed by atoms with Crippen LogP contribution in [0, 0.1) is 0 Å². The van der Waals surface area contributed by atoms with Gasteiger partial charge in [0.1, 0.15) is 5.75 Å². The van der Waals surface area contributed by atoms with Crippen molar-refractivity contribution in [1.82, 2.24) is 10.6 Å². The minimum absolute atomic E-state index is 0.0673. The van der Waals surface area contributed by atoms with Crippen molar-refractivity contribution >= 4 is 17.7 Å². The highest BCUT2D eigenvalue weighted by Gasteiger charge is 2.10. The van der Waals surface area contributed by atoms with Crippen LogP contribution in [0.15, 0.2) is 47.4 Å². The molecule has 1 amide bonds. The lowest BCUT2D eigenvalue weighted by Gasteiger charge is -2.17. The minimum atomic E-state index is -0.0673. The van der Waals surface area contributed by atoms with Gasteiger partial charge >= 0.3 is 0 Å². The van der Waals surface area contributed by atoms with Crippen molar-refractivity contribution in [2.24, 2.45) is 0 Å². The van der Waals surface area contributed by atoms with Gasteiger partial charge in [0.25, 0.3) is 5.91 Å². The van der Waals surface area contributed by atoms with Crippen LogP contribution in [0.4, 0.5) is 0 Å². The molecular formula is C19H24N2O2S. The van der Waals surface area contributed by atoms with Gasteiger partial charge in [0, 0.05) is 30.1 Å². The van der Waals surface area contributed by atoms with E-state index < -0.39 is 0 Å². The predicted molar refractivity (Wildman–Crippen MR) is 99.9 cm³/mol. The second-order valence-electron chi connectivity index (χ2n) is 5.50. The maximum absolute atomic E-state index is 11.7. The fourth-order valence-electron chi connectivity index (χ4n) is 2.48. The standard InChI is InChI=1S/C19H24N2O2S/c1-13(15-8-9-18(24-4)17(11-15)23-3)21-12-14-6-5-7-16(10-14)19(22)20-2/h5-11,13,21H,12H2,1-4H3,(H,20,22)/t13-/m1/s1. The van der Waals surface area contributed by atoms with Gasteiger partial charge in [0.05, 0.1) is 7.11 Å². The summed E-state index contributed by atoms with van der Waals surface area (Å²) >= 11 is 1.67. The molecule has 0 unspecified atom stereocenters. The van der Waals surface area contributed by atoms with E-state index in [0.717, 1.165) is 16.2 Å². The Kier molecular flexibility index (Phi) is 6.70. The summed E-state index contributed by atoms with van der Waals surface area (Å²) in [6, 6.07) is 14.1. The number of nitrogens with one attached hydrogen (secondary N) is 2. The number of amides is 1. The topological polar surface area (TPSA) is 50.4 Å². The molecule has 0 bridgehead atoms. The van der Waals surface area contributed by atoms with Gasteiger partial charge in [-0.05, 0) is 48.6 Å². The van der Waals surface area contributed by atoms with E-state index in [0.29, 0.717) is 12.1 Å². The van der Waals surface area contributed by atoms with E-state index in [4.69, 9.17) is 4.74 Å². The highest BCUT2D eigenvalue weighted by molar-refractivity contribution is 7.98. The van der Waals surface area contributed by atoms with Crippen molar-refractivity contribution in [1.29, 1.82) is 0 Å². The molecule has 0 saturated heterocycles. The summed E-state index contributed by atoms with van der Waals surface area (Å²) in [6.07, 6.45) is 2.04. The highest BCUT2D eigenvalue weighted by Crippen LogP contribution is 2.30. The third-order valence-corrected chi connectivity index (χ3v) is 4.71. The number of hydrogen-bond acceptors (Lipinski definition) is 4. The molecule has 0 aromatic heterocycles. The number of thioether (sulfide) groups is 1. The summed E-state index contributed by atoms with van der Waals surface area (Å²) in [5, 5.41) is 6.14. The molecule has 0 fully saturated rings. The van der Waals surface area contributed by atoms with E-state index in [9.17, 15) is 4.79 Å². The summed E-state index contributed by atoms with van der Waals surface area (Å²) in [5.41, 5.74) is 2.93. The Morgan fingerprint density at radius 3 is 2.71 bits per heavy atom. The molecule has 4 nitrogen and oxygen atoms in total. The van der Waals surface area contributed by atoms with Crippen molar-refractivity contribution in [2.75, 3.05) is 20.4 Å². The van der Waals surface area contributed by atoms with Crippen molar-refractivity contribution < 1.29 is 9.53 Å². The second kappa shape index (κ2) is 8.76. The van der Waals surface area contributed by atoms with Crippen LogP contribution in [0.25, 0.3) is 0 Å². The van der Waals surface area contributed by atoms with Crippen LogP contribution in [0.1, 0.15) is 34.5 Å². The monoisotopic (exact) mass is 344 g/mol. The molecule has 1 atom stereocenters. The SMILES string of the molecule is CNC(=O)c1cccc(CN[C@H](C)c2ccc(SC)c(OC)c2)c1. The van der Waals surface area contributed by atoms with Crippen LogP contribution in [0.5, 0.6) is 5.75 Å². The molecule has 2 aromatic carbocycles. The zero-order chi connectivity index (χ0) is 17.5. The molecule has 2 aromatic rings. The molecule has 0 saturated carbocycles. The van der Waals surface area contributed by atoms with Crippen molar-refractivity contribution in [3.05, 3.63) is 59.2 Å². The molecular weight excluding hydrogens is 320 g/mol. The first kappa shape index (κ1) is 18.4. The third kappa shape index (κ3) is 4.52. The smallest absolute Gasteiger partial charge is 0.251 e. The van der Waals surface area contributed by atoms with E-state index in [1.54, 1.807) is 25.9 Å². The number of ether oxygens (including phenoxy) is 1. The normalized spacial score (nSPS) is 11.8. The molecule has 0 aliphatic carbocycles. The van der Waals surface area contributed by atoms with E-state index in [1.165, 1.54) is 5.56 Å². The molecule has 0 aliphatic heterocycles. The molecule has 128 valence electrons. The fraction of sp³-hybridized carbons (Fsp3) is 0.316. The number of rotatable bonds is 7. The van der Waals surface area contributed by atoms with E-state index in [2.05, 4.69) is 35.8 Å². The van der Waals surface area contributed by atoms with Crippen LogP contribution in [0.2, 0.25) is 0 Å². The molecule has 2 rings (SSSR count). The van der Waals surface area contributed by atoms with Crippen LogP contribution >= 0.6 is 11.8 Å². The van der Waals surface area contributed by atoms with Crippen LogP contribution in [-0.4, -0.2) is 26.3 Å². The maximum Gasteiger partial charge on any atom is 0.251 e. The second-order valence-corrected chi connectivity index (χ2v) is 6.34. The number of methoxy groups -OCH3 is 1. The molecule has 5 heteroatoms. The zero-order valence-corrected chi connectivity index (χ0v) is 15.4. The summed E-state index contributed by atoms with van der Waals surface area (Å²) in [5.74, 6) is 0.831. The minimum Gasteiger partial charge on any atom is -0.496 e. The Balaban J connectivity index is 2.05. The molecule has 0 spiro atoms. The van der Waals surface area contributed by atoms with Crippen LogP contribution in [-0.2, 0) is 6.54 Å². The Morgan fingerprint density at radius 1 is 1.25 bits per heavy atom. The Labute approximate surface area is 148 Å². The van der Waals surface area contributed by atoms with Gasteiger partial charge in [-0.25, -0.2) is 0 Å². The Hall–Kier alpha value is -1.98. The van der Waals surface area contributed by atoms with Crippen molar-refractivity contribution in [3.8, 4) is 5.75 Å². The van der Waals surface area contributed by atoms with E-state index >= 15 is 0 Å². The first-order valence-corrected chi connectivity index (χ1v) is 9.07. The van der Waals surface area contributed by atoms with Gasteiger partial charge in [-0.15, -0.1) is 11.8 Å². The third-order valence-electron chi connectivity index (χ3n) is 3.94. The van der Waals surface area contributed by atoms with Gasteiger partial charge in [-0.3, -0.25) is 4.79 Å². The lowest BCUT2D eigenvalue weighted by molar-refractivity contribution is 0.0963. The number of carbonyl (C=O) groups excluding carboxylic acids is 1. The van der Waals surface area contributed by atoms with Gasteiger partial charge in [-0.2, -0.15) is 0 Å². The summed E-state index contributed by atoms with van der Waals surface area (Å²) in [7, 11) is 3.34. The first-order chi connectivity index (χ1) is 11.6. The van der Waals surface area contributed by atoms with Gasteiger partial charge in [-0.1, -0.05) is 18.2 Å². The fourth-order valence-corrected chi connectivity index (χ4v) is 3.03. The largest absolute Gasteiger partial charge is 0.496 e. The van der Waals surface area contributed by atoms with Crippen LogP contribution in [0.3, 0.4) is 0 Å². The number of hydrogen-bond donors (Lipinski definition) is 2. The maximum atomic E-state index is 11.7. The zero-order valence-electron chi connectivity index (χ0n) is 14.6. The molecule has 0 aliphatic rings. The van der Waals surface area contributed by atoms with Crippen molar-refractivity contribution in [3.63, 3.8) is 0 Å². The van der Waals surface area contributed by atoms with Crippen LogP contribution < -0.4 is 15.4 Å². The summed E-state index contributed by atoms with van der Waals surface area (Å²) in [6.45, 7) is 2.81. The quantitative estimate of drug-likeness (QED) is 0.753. The average Bonchev–Trinajstić information content (AvgIpc) is 2.64. The number of carbonyl (C=O) groups is 1. The Bertz CT molecular complexity index is 704. The van der Waals surface area contributed by atoms with E-state index in [-0.39, 0.29) is 11.9 Å². The Morgan fingerprint density at radius 2 is 2.04 bits per heavy atom. The highest BCUT2D eigenvalue weighted by atomic mass is 32.2. The number of benzene rings is 2. The molecule has 2 N–H and O–H groups in total. The molecule has 24 heavy (non-hydrogen) atoms. The van der Waals surface area contributed by atoms with Gasteiger partial charge in [0.15, 0.2) is 0 Å². The molecule has 0 heterocycles. The first-order valence-electron chi connectivity index (χ1n) is 7.85. The lowest BCUT2D eigenvalue weighted by atomic mass is 10.1. The van der Waals surface area contributed by atoms with Gasteiger partial charge < -0.3 is 15.4 Å². The lowest BCUT2D eigenvalue weighted by Crippen LogP contribution is -2.20.